The predicted molar refractivity (Wildman–Crippen MR) is 126 cm³/mol. The van der Waals surface area contributed by atoms with E-state index < -0.39 is 0 Å². The summed E-state index contributed by atoms with van der Waals surface area (Å²) < 4.78 is 5.73. The van der Waals surface area contributed by atoms with Crippen molar-refractivity contribution >= 4 is 5.97 Å². The first-order valence-corrected chi connectivity index (χ1v) is 13.0. The molecule has 0 atom stereocenters. The molecule has 0 aromatic heterocycles. The summed E-state index contributed by atoms with van der Waals surface area (Å²) in [4.78, 5) is 12.7. The summed E-state index contributed by atoms with van der Waals surface area (Å²) in [5.74, 6) is 3.50. The van der Waals surface area contributed by atoms with Crippen LogP contribution in [0.1, 0.15) is 109 Å². The number of ether oxygens (including phenoxy) is 1. The van der Waals surface area contributed by atoms with Crippen molar-refractivity contribution in [3.05, 3.63) is 29.8 Å². The fourth-order valence-electron chi connectivity index (χ4n) is 5.62. The molecule has 2 aliphatic rings. The fourth-order valence-corrected chi connectivity index (χ4v) is 5.62. The number of hydrogen-bond acceptors (Lipinski definition) is 2. The van der Waals surface area contributed by atoms with Gasteiger partial charge in [0.2, 0.25) is 0 Å². The van der Waals surface area contributed by atoms with Crippen LogP contribution in [0.25, 0.3) is 0 Å². The van der Waals surface area contributed by atoms with Gasteiger partial charge in [0.1, 0.15) is 5.75 Å². The first kappa shape index (κ1) is 23.4. The molecular formula is C28H44O2. The second kappa shape index (κ2) is 12.5. The molecule has 1 aromatic rings. The van der Waals surface area contributed by atoms with Crippen LogP contribution in [-0.2, 0) is 11.2 Å². The van der Waals surface area contributed by atoms with Crippen molar-refractivity contribution in [2.75, 3.05) is 0 Å². The topological polar surface area (TPSA) is 26.3 Å². The van der Waals surface area contributed by atoms with Gasteiger partial charge in [-0.15, -0.1) is 0 Å². The highest BCUT2D eigenvalue weighted by molar-refractivity contribution is 5.75. The molecule has 0 radical (unpaired) electrons. The first-order chi connectivity index (χ1) is 14.7. The van der Waals surface area contributed by atoms with E-state index in [1.54, 1.807) is 0 Å². The van der Waals surface area contributed by atoms with Crippen molar-refractivity contribution in [2.24, 2.45) is 23.7 Å². The molecule has 3 rings (SSSR count). The van der Waals surface area contributed by atoms with E-state index in [-0.39, 0.29) is 11.9 Å². The summed E-state index contributed by atoms with van der Waals surface area (Å²) in [6, 6.07) is 8.24. The van der Waals surface area contributed by atoms with E-state index >= 15 is 0 Å². The molecule has 2 fully saturated rings. The third-order valence-corrected chi connectivity index (χ3v) is 7.79. The number of carbonyl (C=O) groups excluding carboxylic acids is 1. The maximum Gasteiger partial charge on any atom is 0.314 e. The Balaban J connectivity index is 1.35. The molecule has 1 aromatic carbocycles. The largest absolute Gasteiger partial charge is 0.426 e. The molecule has 0 saturated heterocycles. The Kier molecular flexibility index (Phi) is 9.75. The molecule has 168 valence electrons. The summed E-state index contributed by atoms with van der Waals surface area (Å²) >= 11 is 0. The Bertz CT molecular complexity index is 604. The monoisotopic (exact) mass is 412 g/mol. The van der Waals surface area contributed by atoms with E-state index in [1.165, 1.54) is 82.6 Å². The summed E-state index contributed by atoms with van der Waals surface area (Å²) in [6.45, 7) is 4.65. The normalized spacial score (nSPS) is 27.0. The molecule has 0 spiro atoms. The molecule has 2 saturated carbocycles. The molecule has 0 aliphatic heterocycles. The molecule has 0 amide bonds. The highest BCUT2D eigenvalue weighted by Crippen LogP contribution is 2.41. The molecule has 0 N–H and O–H groups in total. The van der Waals surface area contributed by atoms with Crippen molar-refractivity contribution in [2.45, 2.75) is 110 Å². The summed E-state index contributed by atoms with van der Waals surface area (Å²) in [7, 11) is 0. The maximum atomic E-state index is 12.7. The van der Waals surface area contributed by atoms with Gasteiger partial charge in [-0.2, -0.15) is 0 Å². The van der Waals surface area contributed by atoms with E-state index in [9.17, 15) is 4.79 Å². The Morgan fingerprint density at radius 1 is 0.800 bits per heavy atom. The van der Waals surface area contributed by atoms with Crippen LogP contribution < -0.4 is 4.74 Å². The zero-order valence-electron chi connectivity index (χ0n) is 19.5. The molecule has 30 heavy (non-hydrogen) atoms. The number of unbranched alkanes of at least 4 members (excludes halogenated alkanes) is 5. The van der Waals surface area contributed by atoms with Gasteiger partial charge in [-0.3, -0.25) is 4.79 Å². The van der Waals surface area contributed by atoms with Gasteiger partial charge >= 0.3 is 5.97 Å². The standard InChI is InChI=1S/C28H44O2/c1-3-4-5-6-7-8-9-23-12-20-27(21-13-23)30-28(29)26-18-16-25(17-19-26)24-14-10-22(2)11-15-24/h12-13,20-22,24-26H,3-11,14-19H2,1-2H3. The van der Waals surface area contributed by atoms with Gasteiger partial charge in [-0.1, -0.05) is 70.9 Å². The quantitative estimate of drug-likeness (QED) is 0.220. The molecule has 2 nitrogen and oxygen atoms in total. The molecular weight excluding hydrogens is 368 g/mol. The van der Waals surface area contributed by atoms with Gasteiger partial charge in [-0.25, -0.2) is 0 Å². The Hall–Kier alpha value is -1.31. The lowest BCUT2D eigenvalue weighted by atomic mass is 9.69. The predicted octanol–water partition coefficient (Wildman–Crippen LogP) is 8.13. The van der Waals surface area contributed by atoms with Gasteiger partial charge in [0, 0.05) is 0 Å². The van der Waals surface area contributed by atoms with Gasteiger partial charge in [-0.05, 0) is 86.8 Å². The van der Waals surface area contributed by atoms with Crippen LogP contribution in [0.15, 0.2) is 24.3 Å². The van der Waals surface area contributed by atoms with Crippen LogP contribution in [0.3, 0.4) is 0 Å². The Morgan fingerprint density at radius 2 is 1.37 bits per heavy atom. The lowest BCUT2D eigenvalue weighted by Crippen LogP contribution is -2.29. The average molecular weight is 413 g/mol. The minimum Gasteiger partial charge on any atom is -0.426 e. The van der Waals surface area contributed by atoms with Crippen molar-refractivity contribution in [1.29, 1.82) is 0 Å². The van der Waals surface area contributed by atoms with E-state index in [0.717, 1.165) is 42.8 Å². The number of rotatable bonds is 10. The highest BCUT2D eigenvalue weighted by Gasteiger charge is 2.33. The third kappa shape index (κ3) is 7.43. The second-order valence-corrected chi connectivity index (χ2v) is 10.2. The van der Waals surface area contributed by atoms with Crippen LogP contribution in [0, 0.1) is 23.7 Å². The second-order valence-electron chi connectivity index (χ2n) is 10.2. The van der Waals surface area contributed by atoms with Gasteiger partial charge in [0.15, 0.2) is 0 Å². The van der Waals surface area contributed by atoms with Crippen molar-refractivity contribution < 1.29 is 9.53 Å². The van der Waals surface area contributed by atoms with Crippen LogP contribution in [0.5, 0.6) is 5.75 Å². The smallest absolute Gasteiger partial charge is 0.314 e. The molecule has 2 heteroatoms. The zero-order valence-corrected chi connectivity index (χ0v) is 19.5. The van der Waals surface area contributed by atoms with Crippen molar-refractivity contribution in [3.8, 4) is 5.75 Å². The third-order valence-electron chi connectivity index (χ3n) is 7.79. The number of hydrogen-bond donors (Lipinski definition) is 0. The Morgan fingerprint density at radius 3 is 2.00 bits per heavy atom. The minimum absolute atomic E-state index is 0.00519. The lowest BCUT2D eigenvalue weighted by Gasteiger charge is -2.36. The van der Waals surface area contributed by atoms with Gasteiger partial charge in [0.25, 0.3) is 0 Å². The zero-order chi connectivity index (χ0) is 21.2. The van der Waals surface area contributed by atoms with Crippen LogP contribution in [0.2, 0.25) is 0 Å². The van der Waals surface area contributed by atoms with Crippen LogP contribution in [-0.4, -0.2) is 5.97 Å². The first-order valence-electron chi connectivity index (χ1n) is 13.0. The van der Waals surface area contributed by atoms with Crippen LogP contribution >= 0.6 is 0 Å². The summed E-state index contributed by atoms with van der Waals surface area (Å²) in [6.07, 6.45) is 19.2. The average Bonchev–Trinajstić information content (AvgIpc) is 2.78. The maximum absolute atomic E-state index is 12.7. The highest BCUT2D eigenvalue weighted by atomic mass is 16.5. The van der Waals surface area contributed by atoms with Gasteiger partial charge in [0.05, 0.1) is 5.92 Å². The summed E-state index contributed by atoms with van der Waals surface area (Å²) in [5.41, 5.74) is 1.35. The molecule has 0 unspecified atom stereocenters. The van der Waals surface area contributed by atoms with E-state index in [1.807, 2.05) is 12.1 Å². The SMILES string of the molecule is CCCCCCCCc1ccc(OC(=O)C2CCC(C3CCC(C)CC3)CC2)cc1. The number of aryl methyl sites for hydroxylation is 1. The van der Waals surface area contributed by atoms with E-state index in [2.05, 4.69) is 26.0 Å². The van der Waals surface area contributed by atoms with E-state index in [4.69, 9.17) is 4.74 Å². The van der Waals surface area contributed by atoms with E-state index in [0.29, 0.717) is 0 Å². The molecule has 2 aliphatic carbocycles. The number of benzene rings is 1. The van der Waals surface area contributed by atoms with Crippen LogP contribution in [0.4, 0.5) is 0 Å². The molecule has 0 heterocycles. The number of carbonyl (C=O) groups is 1. The lowest BCUT2D eigenvalue weighted by molar-refractivity contribution is -0.140. The van der Waals surface area contributed by atoms with Crippen molar-refractivity contribution in [3.63, 3.8) is 0 Å². The minimum atomic E-state index is -0.00519. The van der Waals surface area contributed by atoms with Crippen molar-refractivity contribution in [1.82, 2.24) is 0 Å². The van der Waals surface area contributed by atoms with Gasteiger partial charge < -0.3 is 4.74 Å². The molecule has 0 bridgehead atoms. The Labute approximate surface area is 185 Å². The number of esters is 1. The summed E-state index contributed by atoms with van der Waals surface area (Å²) in [5, 5.41) is 0. The fraction of sp³-hybridized carbons (Fsp3) is 0.750.